The van der Waals surface area contributed by atoms with Crippen LogP contribution in [0.5, 0.6) is 0 Å². The fraction of sp³-hybridized carbons (Fsp3) is 0.474. The standard InChI is InChI=1S/C19H25N3S/c1-3-5-6-9-13-20-19-17-18(23-16(22-17)10-4-2)14-11-7-8-12-15(14)21-19/h7-8,11-12H,3-6,9-10,13H2,1-2H3,(H,20,21). The van der Waals surface area contributed by atoms with Crippen molar-refractivity contribution in [2.45, 2.75) is 52.4 Å². The van der Waals surface area contributed by atoms with Gasteiger partial charge in [-0.05, 0) is 25.3 Å². The summed E-state index contributed by atoms with van der Waals surface area (Å²) in [4.78, 5) is 9.69. The minimum absolute atomic E-state index is 0.953. The number of anilines is 1. The molecule has 1 N–H and O–H groups in total. The van der Waals surface area contributed by atoms with Crippen molar-refractivity contribution in [1.82, 2.24) is 9.97 Å². The Kier molecular flexibility index (Phi) is 5.44. The fourth-order valence-corrected chi connectivity index (χ4v) is 4.05. The molecule has 1 aromatic carbocycles. The van der Waals surface area contributed by atoms with E-state index >= 15 is 0 Å². The van der Waals surface area contributed by atoms with Crippen molar-refractivity contribution >= 4 is 38.3 Å². The molecule has 0 fully saturated rings. The van der Waals surface area contributed by atoms with Gasteiger partial charge in [-0.3, -0.25) is 0 Å². The van der Waals surface area contributed by atoms with Crippen LogP contribution in [0, 0.1) is 0 Å². The van der Waals surface area contributed by atoms with Crippen LogP contribution in [0.4, 0.5) is 5.82 Å². The molecule has 23 heavy (non-hydrogen) atoms. The first-order valence-electron chi connectivity index (χ1n) is 8.75. The van der Waals surface area contributed by atoms with Crippen LogP contribution in [0.1, 0.15) is 51.0 Å². The number of para-hydroxylation sites is 1. The van der Waals surface area contributed by atoms with E-state index in [9.17, 15) is 0 Å². The maximum Gasteiger partial charge on any atom is 0.154 e. The highest BCUT2D eigenvalue weighted by Gasteiger charge is 2.13. The first kappa shape index (κ1) is 16.2. The Balaban J connectivity index is 1.93. The van der Waals surface area contributed by atoms with Gasteiger partial charge in [0.05, 0.1) is 15.2 Å². The van der Waals surface area contributed by atoms with Gasteiger partial charge in [0, 0.05) is 11.9 Å². The summed E-state index contributed by atoms with van der Waals surface area (Å²) in [7, 11) is 0. The zero-order valence-corrected chi connectivity index (χ0v) is 14.9. The number of pyridine rings is 1. The summed E-state index contributed by atoms with van der Waals surface area (Å²) in [6.45, 7) is 5.42. The first-order valence-corrected chi connectivity index (χ1v) is 9.57. The van der Waals surface area contributed by atoms with Gasteiger partial charge >= 0.3 is 0 Å². The molecule has 3 rings (SSSR count). The predicted octanol–water partition coefficient (Wildman–Crippen LogP) is 5.79. The summed E-state index contributed by atoms with van der Waals surface area (Å²) in [6, 6.07) is 8.39. The Morgan fingerprint density at radius 2 is 1.87 bits per heavy atom. The number of unbranched alkanes of at least 4 members (excludes halogenated alkanes) is 3. The molecule has 0 saturated carbocycles. The lowest BCUT2D eigenvalue weighted by molar-refractivity contribution is 0.684. The fourth-order valence-electron chi connectivity index (χ4n) is 2.85. The monoisotopic (exact) mass is 327 g/mol. The van der Waals surface area contributed by atoms with Crippen LogP contribution in [0.25, 0.3) is 21.1 Å². The predicted molar refractivity (Wildman–Crippen MR) is 102 cm³/mol. The van der Waals surface area contributed by atoms with Crippen molar-refractivity contribution < 1.29 is 0 Å². The van der Waals surface area contributed by atoms with E-state index in [2.05, 4.69) is 43.4 Å². The molecule has 3 aromatic rings. The summed E-state index contributed by atoms with van der Waals surface area (Å²) in [6.07, 6.45) is 7.22. The average Bonchev–Trinajstić information content (AvgIpc) is 2.99. The van der Waals surface area contributed by atoms with Gasteiger partial charge in [-0.15, -0.1) is 11.3 Å². The lowest BCUT2D eigenvalue weighted by Crippen LogP contribution is -2.04. The number of nitrogens with zero attached hydrogens (tertiary/aromatic N) is 2. The van der Waals surface area contributed by atoms with Gasteiger partial charge in [0.15, 0.2) is 5.82 Å². The molecule has 0 atom stereocenters. The molecule has 0 amide bonds. The maximum absolute atomic E-state index is 4.86. The molecule has 3 nitrogen and oxygen atoms in total. The molecule has 4 heteroatoms. The third-order valence-corrected chi connectivity index (χ3v) is 5.21. The van der Waals surface area contributed by atoms with E-state index in [1.54, 1.807) is 0 Å². The molecule has 0 aliphatic heterocycles. The minimum Gasteiger partial charge on any atom is -0.368 e. The summed E-state index contributed by atoms with van der Waals surface area (Å²) >= 11 is 1.82. The second-order valence-electron chi connectivity index (χ2n) is 6.00. The van der Waals surface area contributed by atoms with Gasteiger partial charge in [0.25, 0.3) is 0 Å². The van der Waals surface area contributed by atoms with Crippen molar-refractivity contribution in [1.29, 1.82) is 0 Å². The van der Waals surface area contributed by atoms with E-state index in [-0.39, 0.29) is 0 Å². The van der Waals surface area contributed by atoms with E-state index in [0.717, 1.165) is 36.2 Å². The van der Waals surface area contributed by atoms with Gasteiger partial charge in [0.1, 0.15) is 5.52 Å². The first-order chi connectivity index (χ1) is 11.3. The van der Waals surface area contributed by atoms with Gasteiger partial charge < -0.3 is 5.32 Å². The molecule has 0 spiro atoms. The summed E-state index contributed by atoms with van der Waals surface area (Å²) in [5.41, 5.74) is 2.11. The van der Waals surface area contributed by atoms with E-state index in [0.29, 0.717) is 0 Å². The van der Waals surface area contributed by atoms with Gasteiger partial charge in [0.2, 0.25) is 0 Å². The number of benzene rings is 1. The third-order valence-electron chi connectivity index (χ3n) is 4.06. The highest BCUT2D eigenvalue weighted by molar-refractivity contribution is 7.19. The van der Waals surface area contributed by atoms with Crippen LogP contribution in [-0.2, 0) is 6.42 Å². The molecule has 0 unspecified atom stereocenters. The lowest BCUT2D eigenvalue weighted by atomic mass is 10.2. The molecule has 122 valence electrons. The van der Waals surface area contributed by atoms with Crippen LogP contribution in [0.2, 0.25) is 0 Å². The molecular weight excluding hydrogens is 302 g/mol. The Bertz CT molecular complexity index is 779. The van der Waals surface area contributed by atoms with Crippen molar-refractivity contribution in [3.8, 4) is 0 Å². The molecule has 2 aromatic heterocycles. The van der Waals surface area contributed by atoms with E-state index in [1.165, 1.54) is 40.8 Å². The molecule has 0 radical (unpaired) electrons. The quantitative estimate of drug-likeness (QED) is 0.532. The summed E-state index contributed by atoms with van der Waals surface area (Å²) in [5, 5.41) is 5.97. The number of nitrogens with one attached hydrogen (secondary N) is 1. The number of thiazole rings is 1. The molecule has 0 saturated heterocycles. The summed E-state index contributed by atoms with van der Waals surface area (Å²) in [5.74, 6) is 0.953. The topological polar surface area (TPSA) is 37.8 Å². The number of aryl methyl sites for hydroxylation is 1. The second-order valence-corrected chi connectivity index (χ2v) is 7.08. The average molecular weight is 327 g/mol. The molecular formula is C19H25N3S. The van der Waals surface area contributed by atoms with Crippen LogP contribution < -0.4 is 5.32 Å². The Hall–Kier alpha value is -1.68. The number of hydrogen-bond acceptors (Lipinski definition) is 4. The SMILES string of the molecule is CCCCCCNc1nc2ccccc2c2sc(CCC)nc12. The molecule has 0 bridgehead atoms. The largest absolute Gasteiger partial charge is 0.368 e. The molecule has 0 aliphatic carbocycles. The van der Waals surface area contributed by atoms with Gasteiger partial charge in [-0.25, -0.2) is 9.97 Å². The minimum atomic E-state index is 0.953. The second kappa shape index (κ2) is 7.73. The van der Waals surface area contributed by atoms with Crippen molar-refractivity contribution in [2.24, 2.45) is 0 Å². The zero-order chi connectivity index (χ0) is 16.1. The van der Waals surface area contributed by atoms with E-state index in [1.807, 2.05) is 11.3 Å². The zero-order valence-electron chi connectivity index (χ0n) is 14.1. The molecule has 0 aliphatic rings. The number of rotatable bonds is 8. The lowest BCUT2D eigenvalue weighted by Gasteiger charge is -2.08. The Morgan fingerprint density at radius 3 is 2.70 bits per heavy atom. The third kappa shape index (κ3) is 3.63. The highest BCUT2D eigenvalue weighted by atomic mass is 32.1. The smallest absolute Gasteiger partial charge is 0.154 e. The number of aromatic nitrogens is 2. The Morgan fingerprint density at radius 1 is 1.00 bits per heavy atom. The van der Waals surface area contributed by atoms with Crippen LogP contribution >= 0.6 is 11.3 Å². The van der Waals surface area contributed by atoms with Crippen LogP contribution in [0.3, 0.4) is 0 Å². The number of fused-ring (bicyclic) bond motifs is 3. The highest BCUT2D eigenvalue weighted by Crippen LogP contribution is 2.34. The van der Waals surface area contributed by atoms with Crippen LogP contribution in [0.15, 0.2) is 24.3 Å². The number of hydrogen-bond donors (Lipinski definition) is 1. The van der Waals surface area contributed by atoms with Crippen molar-refractivity contribution in [3.05, 3.63) is 29.3 Å². The van der Waals surface area contributed by atoms with Gasteiger partial charge in [-0.2, -0.15) is 0 Å². The van der Waals surface area contributed by atoms with E-state index in [4.69, 9.17) is 9.97 Å². The Labute approximate surface area is 142 Å². The summed E-state index contributed by atoms with van der Waals surface area (Å²) < 4.78 is 1.27. The normalized spacial score (nSPS) is 11.4. The molecule has 2 heterocycles. The van der Waals surface area contributed by atoms with Crippen molar-refractivity contribution in [3.63, 3.8) is 0 Å². The van der Waals surface area contributed by atoms with Crippen molar-refractivity contribution in [2.75, 3.05) is 11.9 Å². The van der Waals surface area contributed by atoms with Gasteiger partial charge in [-0.1, -0.05) is 51.3 Å². The van der Waals surface area contributed by atoms with Crippen LogP contribution in [-0.4, -0.2) is 16.5 Å². The van der Waals surface area contributed by atoms with E-state index < -0.39 is 0 Å². The maximum atomic E-state index is 4.86.